The smallest absolute Gasteiger partial charge is 0.211 e. The largest absolute Gasteiger partial charge is 0.282 e. The van der Waals surface area contributed by atoms with E-state index in [2.05, 4.69) is 22.9 Å². The summed E-state index contributed by atoms with van der Waals surface area (Å²) in [5.74, 6) is 0. The lowest BCUT2D eigenvalue weighted by molar-refractivity contribution is -0.108. The zero-order chi connectivity index (χ0) is 6.15. The minimum Gasteiger partial charge on any atom is -0.282 e. The first-order valence-corrected chi connectivity index (χ1v) is 3.33. The number of thiol groups is 1. The van der Waals surface area contributed by atoms with Crippen LogP contribution in [0.1, 0.15) is 12.8 Å². The Labute approximate surface area is 57.0 Å². The lowest BCUT2D eigenvalue weighted by Gasteiger charge is -2.16. The van der Waals surface area contributed by atoms with Crippen molar-refractivity contribution in [3.05, 3.63) is 10.8 Å². The first-order chi connectivity index (χ1) is 3.72. The minimum absolute atomic E-state index is 0.0961. The molecule has 0 aromatic carbocycles. The average Bonchev–Trinajstić information content (AvgIpc) is 1.61. The Morgan fingerprint density at radius 3 is 2.25 bits per heavy atom. The fourth-order valence-electron chi connectivity index (χ4n) is 0.611. The summed E-state index contributed by atoms with van der Waals surface area (Å²) < 4.78 is 0. The van der Waals surface area contributed by atoms with Crippen LogP contribution in [0.25, 0.3) is 0 Å². The van der Waals surface area contributed by atoms with Gasteiger partial charge in [-0.1, -0.05) is 5.20 Å². The van der Waals surface area contributed by atoms with Crippen LogP contribution >= 0.6 is 12.6 Å². The monoisotopic (exact) mass is 141 g/mol. The number of rotatable bonds is 1. The standard InChI is InChI=1S/C5H5OSSi/c6-5(7)3-1-2-4(3)8/h1-2H2,(H,6,7). The van der Waals surface area contributed by atoms with Crippen LogP contribution in [0, 0.1) is 0 Å². The number of hydrogen-bond acceptors (Lipinski definition) is 1. The van der Waals surface area contributed by atoms with Crippen LogP contribution in [-0.2, 0) is 4.79 Å². The lowest BCUT2D eigenvalue weighted by Crippen LogP contribution is -2.09. The van der Waals surface area contributed by atoms with Gasteiger partial charge in [-0.3, -0.25) is 4.79 Å². The molecule has 0 atom stereocenters. The van der Waals surface area contributed by atoms with E-state index in [4.69, 9.17) is 0 Å². The highest BCUT2D eigenvalue weighted by atomic mass is 32.1. The van der Waals surface area contributed by atoms with Gasteiger partial charge in [-0.15, -0.1) is 12.6 Å². The van der Waals surface area contributed by atoms with Gasteiger partial charge in [-0.25, -0.2) is 0 Å². The quantitative estimate of drug-likeness (QED) is 0.419. The molecule has 1 rings (SSSR count). The van der Waals surface area contributed by atoms with Crippen LogP contribution in [-0.4, -0.2) is 15.4 Å². The summed E-state index contributed by atoms with van der Waals surface area (Å²) in [6.45, 7) is 0. The van der Waals surface area contributed by atoms with Crippen molar-refractivity contribution in [2.75, 3.05) is 0 Å². The van der Waals surface area contributed by atoms with Crippen molar-refractivity contribution >= 4 is 28.0 Å². The zero-order valence-electron chi connectivity index (χ0n) is 4.27. The molecule has 3 radical (unpaired) electrons. The highest BCUT2D eigenvalue weighted by molar-refractivity contribution is 7.97. The fraction of sp³-hybridized carbons (Fsp3) is 0.400. The van der Waals surface area contributed by atoms with Crippen LogP contribution in [0.2, 0.25) is 0 Å². The van der Waals surface area contributed by atoms with E-state index in [1.54, 1.807) is 0 Å². The summed E-state index contributed by atoms with van der Waals surface area (Å²) >= 11 is 3.66. The molecule has 3 heteroatoms. The molecule has 0 fully saturated rings. The van der Waals surface area contributed by atoms with Gasteiger partial charge in [0.2, 0.25) is 5.12 Å². The Bertz CT molecular complexity index is 162. The van der Waals surface area contributed by atoms with Gasteiger partial charge in [0.25, 0.3) is 0 Å². The summed E-state index contributed by atoms with van der Waals surface area (Å²) in [5.41, 5.74) is 0.838. The van der Waals surface area contributed by atoms with E-state index < -0.39 is 0 Å². The third kappa shape index (κ3) is 0.879. The Balaban J connectivity index is 2.74. The average molecular weight is 141 g/mol. The van der Waals surface area contributed by atoms with Crippen LogP contribution in [0.5, 0.6) is 0 Å². The molecular weight excluding hydrogens is 136 g/mol. The Hall–Kier alpha value is -0.0231. The van der Waals surface area contributed by atoms with E-state index in [1.165, 1.54) is 0 Å². The SMILES string of the molecule is O=C(S)C1=C([Si])CC1. The lowest BCUT2D eigenvalue weighted by atomic mass is 10.00. The van der Waals surface area contributed by atoms with Crippen molar-refractivity contribution in [2.24, 2.45) is 0 Å². The molecular formula is C5H5OSSi. The number of carbonyl (C=O) groups excluding carboxylic acids is 1. The van der Waals surface area contributed by atoms with Gasteiger partial charge in [0, 0.05) is 5.57 Å². The first-order valence-electron chi connectivity index (χ1n) is 2.38. The van der Waals surface area contributed by atoms with Gasteiger partial charge >= 0.3 is 0 Å². The molecule has 0 bridgehead atoms. The van der Waals surface area contributed by atoms with E-state index in [0.717, 1.165) is 23.6 Å². The molecule has 1 aliphatic carbocycles. The van der Waals surface area contributed by atoms with Gasteiger partial charge in [0.15, 0.2) is 0 Å². The molecule has 0 N–H and O–H groups in total. The van der Waals surface area contributed by atoms with Crippen LogP contribution in [0.4, 0.5) is 0 Å². The van der Waals surface area contributed by atoms with Gasteiger partial charge in [0.05, 0.1) is 10.2 Å². The first kappa shape index (κ1) is 6.10. The van der Waals surface area contributed by atoms with Crippen molar-refractivity contribution in [1.29, 1.82) is 0 Å². The second-order valence-electron chi connectivity index (χ2n) is 1.76. The number of allylic oxidation sites excluding steroid dienone is 1. The summed E-state index contributed by atoms with van der Waals surface area (Å²) in [5, 5.41) is 0.922. The molecule has 0 saturated heterocycles. The predicted octanol–water partition coefficient (Wildman–Crippen LogP) is 0.659. The second kappa shape index (κ2) is 2.07. The summed E-state index contributed by atoms with van der Waals surface area (Å²) in [7, 11) is 3.28. The molecule has 41 valence electrons. The third-order valence-electron chi connectivity index (χ3n) is 1.25. The van der Waals surface area contributed by atoms with Crippen molar-refractivity contribution in [3.63, 3.8) is 0 Å². The molecule has 0 amide bonds. The molecule has 0 aromatic rings. The van der Waals surface area contributed by atoms with Gasteiger partial charge in [0.1, 0.15) is 0 Å². The number of carbonyl (C=O) groups is 1. The molecule has 0 heterocycles. The van der Waals surface area contributed by atoms with Crippen molar-refractivity contribution < 1.29 is 4.79 Å². The van der Waals surface area contributed by atoms with E-state index in [-0.39, 0.29) is 5.12 Å². The highest BCUT2D eigenvalue weighted by Gasteiger charge is 2.16. The van der Waals surface area contributed by atoms with Crippen molar-refractivity contribution in [1.82, 2.24) is 0 Å². The fourth-order valence-corrected chi connectivity index (χ4v) is 1.33. The highest BCUT2D eigenvalue weighted by Crippen LogP contribution is 2.26. The Morgan fingerprint density at radius 2 is 2.25 bits per heavy atom. The topological polar surface area (TPSA) is 17.1 Å². The minimum atomic E-state index is -0.0961. The normalized spacial score (nSPS) is 18.2. The molecule has 1 aliphatic rings. The molecule has 8 heavy (non-hydrogen) atoms. The maximum Gasteiger partial charge on any atom is 0.211 e. The van der Waals surface area contributed by atoms with Crippen LogP contribution in [0.3, 0.4) is 0 Å². The Kier molecular flexibility index (Phi) is 1.58. The van der Waals surface area contributed by atoms with E-state index in [0.29, 0.717) is 0 Å². The van der Waals surface area contributed by atoms with Crippen molar-refractivity contribution in [3.8, 4) is 0 Å². The van der Waals surface area contributed by atoms with Gasteiger partial charge < -0.3 is 0 Å². The molecule has 0 spiro atoms. The molecule has 0 unspecified atom stereocenters. The molecule has 1 nitrogen and oxygen atoms in total. The second-order valence-corrected chi connectivity index (χ2v) is 2.77. The maximum atomic E-state index is 10.4. The third-order valence-corrected chi connectivity index (χ3v) is 2.07. The Morgan fingerprint density at radius 1 is 1.62 bits per heavy atom. The zero-order valence-corrected chi connectivity index (χ0v) is 6.16. The van der Waals surface area contributed by atoms with E-state index in [1.807, 2.05) is 0 Å². The van der Waals surface area contributed by atoms with E-state index in [9.17, 15) is 4.79 Å². The molecule has 0 aromatic heterocycles. The van der Waals surface area contributed by atoms with Gasteiger partial charge in [-0.2, -0.15) is 0 Å². The summed E-state index contributed by atoms with van der Waals surface area (Å²) in [4.78, 5) is 10.4. The summed E-state index contributed by atoms with van der Waals surface area (Å²) in [6, 6.07) is 0. The van der Waals surface area contributed by atoms with E-state index >= 15 is 0 Å². The maximum absolute atomic E-state index is 10.4. The number of hydrogen-bond donors (Lipinski definition) is 1. The van der Waals surface area contributed by atoms with Gasteiger partial charge in [-0.05, 0) is 12.8 Å². The molecule has 0 saturated carbocycles. The predicted molar refractivity (Wildman–Crippen MR) is 36.0 cm³/mol. The van der Waals surface area contributed by atoms with Crippen LogP contribution in [0.15, 0.2) is 10.8 Å². The van der Waals surface area contributed by atoms with Crippen LogP contribution < -0.4 is 0 Å². The summed E-state index contributed by atoms with van der Waals surface area (Å²) in [6.07, 6.45) is 1.89. The van der Waals surface area contributed by atoms with Crippen molar-refractivity contribution in [2.45, 2.75) is 12.8 Å². The molecule has 0 aliphatic heterocycles.